The van der Waals surface area contributed by atoms with Crippen molar-refractivity contribution in [3.63, 3.8) is 0 Å². The van der Waals surface area contributed by atoms with E-state index in [2.05, 4.69) is 0 Å². The Hall–Kier alpha value is -0.0400. The minimum absolute atomic E-state index is 0.505. The summed E-state index contributed by atoms with van der Waals surface area (Å²) in [6.45, 7) is 1.15. The summed E-state index contributed by atoms with van der Waals surface area (Å²) in [7, 11) is 0. The van der Waals surface area contributed by atoms with Gasteiger partial charge >= 0.3 is 0 Å². The van der Waals surface area contributed by atoms with Gasteiger partial charge in [0.2, 0.25) is 0 Å². The van der Waals surface area contributed by atoms with Crippen molar-refractivity contribution in [3.05, 3.63) is 0 Å². The Balaban J connectivity index is 1.76. The maximum absolute atomic E-state index is 5.92. The second-order valence-electron chi connectivity index (χ2n) is 6.58. The normalized spacial score (nSPS) is 88.6. The van der Waals surface area contributed by atoms with Crippen molar-refractivity contribution >= 4 is 0 Å². The molecule has 6 aliphatic rings. The topological polar surface area (TPSA) is 12.5 Å². The van der Waals surface area contributed by atoms with E-state index in [1.165, 1.54) is 17.8 Å². The molecule has 5 aliphatic carbocycles. The van der Waals surface area contributed by atoms with Crippen LogP contribution in [0.25, 0.3) is 0 Å². The number of ether oxygens (including phenoxy) is 1. The molecule has 0 aromatic rings. The van der Waals surface area contributed by atoms with Crippen LogP contribution in [-0.4, -0.2) is 12.2 Å². The largest absolute Gasteiger partial charge is 0.369 e. The number of rotatable bonds is 0. The lowest BCUT2D eigenvalue weighted by atomic mass is 9.57. The molecule has 2 bridgehead atoms. The van der Waals surface area contributed by atoms with Gasteiger partial charge in [-0.3, -0.25) is 0 Å². The molecule has 0 aromatic heterocycles. The highest BCUT2D eigenvalue weighted by molar-refractivity contribution is 5.35. The summed E-state index contributed by atoms with van der Waals surface area (Å²) >= 11 is 0. The zero-order valence-electron chi connectivity index (χ0n) is 7.65. The molecule has 5 saturated carbocycles. The van der Waals surface area contributed by atoms with Gasteiger partial charge in [-0.15, -0.1) is 0 Å². The Bertz CT molecular complexity index is 339. The summed E-state index contributed by atoms with van der Waals surface area (Å²) in [6, 6.07) is 0. The minimum Gasteiger partial charge on any atom is -0.369 e. The lowest BCUT2D eigenvalue weighted by molar-refractivity contribution is -0.0168. The lowest BCUT2D eigenvalue weighted by Crippen LogP contribution is -2.47. The van der Waals surface area contributed by atoms with Gasteiger partial charge in [0.1, 0.15) is 0 Å². The van der Waals surface area contributed by atoms with Gasteiger partial charge in [-0.25, -0.2) is 0 Å². The fourth-order valence-corrected chi connectivity index (χ4v) is 7.16. The van der Waals surface area contributed by atoms with E-state index in [9.17, 15) is 0 Å². The summed E-state index contributed by atoms with van der Waals surface area (Å²) in [6.07, 6.45) is 3.23. The number of hydrogen-bond donors (Lipinski definition) is 0. The van der Waals surface area contributed by atoms with Crippen molar-refractivity contribution in [1.82, 2.24) is 0 Å². The molecular formula is C12H14O. The standard InChI is InChI=1S/C12H14O/c1-4-5-2-6-8(4)9-7(1)10(5)12(3-13-12)11(6)9/h4-11H,1-3H2. The predicted octanol–water partition coefficient (Wildman–Crippen LogP) is 1.53. The van der Waals surface area contributed by atoms with Gasteiger partial charge in [0.05, 0.1) is 12.2 Å². The van der Waals surface area contributed by atoms with Gasteiger partial charge < -0.3 is 4.74 Å². The van der Waals surface area contributed by atoms with Crippen molar-refractivity contribution in [3.8, 4) is 0 Å². The Morgan fingerprint density at radius 2 is 1.62 bits per heavy atom. The van der Waals surface area contributed by atoms with Gasteiger partial charge in [0.25, 0.3) is 0 Å². The number of hydrogen-bond acceptors (Lipinski definition) is 1. The predicted molar refractivity (Wildman–Crippen MR) is 45.8 cm³/mol. The van der Waals surface area contributed by atoms with E-state index in [0.717, 1.165) is 36.2 Å². The van der Waals surface area contributed by atoms with E-state index in [4.69, 9.17) is 4.74 Å². The summed E-state index contributed by atoms with van der Waals surface area (Å²) in [5.74, 6) is 9.11. The van der Waals surface area contributed by atoms with Crippen LogP contribution in [0.15, 0.2) is 0 Å². The summed E-state index contributed by atoms with van der Waals surface area (Å²) < 4.78 is 5.92. The van der Waals surface area contributed by atoms with E-state index in [-0.39, 0.29) is 0 Å². The second-order valence-corrected chi connectivity index (χ2v) is 6.58. The van der Waals surface area contributed by atoms with Crippen LogP contribution in [-0.2, 0) is 4.74 Å². The minimum atomic E-state index is 0.505. The molecular weight excluding hydrogens is 160 g/mol. The van der Waals surface area contributed by atoms with Crippen molar-refractivity contribution in [1.29, 1.82) is 0 Å². The van der Waals surface area contributed by atoms with Crippen LogP contribution in [0.4, 0.5) is 0 Å². The second kappa shape index (κ2) is 1.25. The van der Waals surface area contributed by atoms with Crippen LogP contribution in [0.5, 0.6) is 0 Å². The van der Waals surface area contributed by atoms with Gasteiger partial charge in [-0.2, -0.15) is 0 Å². The molecule has 0 aromatic carbocycles. The van der Waals surface area contributed by atoms with Crippen molar-refractivity contribution < 1.29 is 4.74 Å². The van der Waals surface area contributed by atoms with E-state index >= 15 is 0 Å². The molecule has 1 heteroatoms. The first-order chi connectivity index (χ1) is 6.42. The van der Waals surface area contributed by atoms with Crippen LogP contribution >= 0.6 is 0 Å². The molecule has 68 valence electrons. The number of fused-ring (bicyclic) bond motifs is 4. The monoisotopic (exact) mass is 174 g/mol. The molecule has 0 radical (unpaired) electrons. The first kappa shape index (κ1) is 5.75. The van der Waals surface area contributed by atoms with Gasteiger partial charge in [0.15, 0.2) is 0 Å². The first-order valence-corrected chi connectivity index (χ1v) is 6.06. The van der Waals surface area contributed by atoms with Crippen LogP contribution in [0.3, 0.4) is 0 Å². The first-order valence-electron chi connectivity index (χ1n) is 6.06. The molecule has 13 heavy (non-hydrogen) atoms. The third-order valence-electron chi connectivity index (χ3n) is 6.97. The van der Waals surface area contributed by atoms with Crippen LogP contribution < -0.4 is 0 Å². The average molecular weight is 174 g/mol. The van der Waals surface area contributed by atoms with Gasteiger partial charge in [0, 0.05) is 0 Å². The van der Waals surface area contributed by atoms with Crippen molar-refractivity contribution in [2.24, 2.45) is 47.3 Å². The smallest absolute Gasteiger partial charge is 0.0983 e. The number of epoxide rings is 1. The highest BCUT2D eigenvalue weighted by Gasteiger charge is 2.88. The highest BCUT2D eigenvalue weighted by Crippen LogP contribution is 2.87. The molecule has 1 nitrogen and oxygen atoms in total. The fourth-order valence-electron chi connectivity index (χ4n) is 7.16. The summed E-state index contributed by atoms with van der Waals surface area (Å²) in [4.78, 5) is 0. The maximum atomic E-state index is 5.92. The van der Waals surface area contributed by atoms with Crippen molar-refractivity contribution in [2.75, 3.05) is 6.61 Å². The van der Waals surface area contributed by atoms with E-state index < -0.39 is 0 Å². The molecule has 6 rings (SSSR count). The Labute approximate surface area is 77.8 Å². The molecule has 0 N–H and O–H groups in total. The molecule has 9 unspecified atom stereocenters. The lowest BCUT2D eigenvalue weighted by Gasteiger charge is -2.46. The molecule has 0 amide bonds. The van der Waals surface area contributed by atoms with Gasteiger partial charge in [-0.1, -0.05) is 0 Å². The van der Waals surface area contributed by atoms with E-state index in [1.807, 2.05) is 0 Å². The highest BCUT2D eigenvalue weighted by atomic mass is 16.6. The summed E-state index contributed by atoms with van der Waals surface area (Å²) in [5, 5.41) is 0. The summed E-state index contributed by atoms with van der Waals surface area (Å²) in [5.41, 5.74) is 0.505. The quantitative estimate of drug-likeness (QED) is 0.507. The average Bonchev–Trinajstić information content (AvgIpc) is 2.54. The van der Waals surface area contributed by atoms with Crippen LogP contribution in [0, 0.1) is 47.3 Å². The Kier molecular flexibility index (Phi) is 0.551. The Morgan fingerprint density at radius 1 is 0.846 bits per heavy atom. The zero-order valence-corrected chi connectivity index (χ0v) is 7.65. The Morgan fingerprint density at radius 3 is 2.46 bits per heavy atom. The van der Waals surface area contributed by atoms with Crippen LogP contribution in [0.2, 0.25) is 0 Å². The molecule has 9 atom stereocenters. The molecule has 1 heterocycles. The van der Waals surface area contributed by atoms with E-state index in [1.54, 1.807) is 12.8 Å². The molecule has 1 aliphatic heterocycles. The maximum Gasteiger partial charge on any atom is 0.0983 e. The van der Waals surface area contributed by atoms with E-state index in [0.29, 0.717) is 5.60 Å². The third-order valence-corrected chi connectivity index (χ3v) is 6.97. The fraction of sp³-hybridized carbons (Fsp3) is 1.00. The molecule has 1 spiro atoms. The molecule has 6 fully saturated rings. The third kappa shape index (κ3) is 0.319. The van der Waals surface area contributed by atoms with Crippen molar-refractivity contribution in [2.45, 2.75) is 18.4 Å². The SMILES string of the molecule is C1C2C3CC4C2C2C1C3C1(CO1)C42. The van der Waals surface area contributed by atoms with Crippen LogP contribution in [0.1, 0.15) is 12.8 Å². The zero-order chi connectivity index (χ0) is 7.95. The van der Waals surface area contributed by atoms with Gasteiger partial charge in [-0.05, 0) is 60.2 Å². The molecule has 1 saturated heterocycles.